The molecule has 2 saturated heterocycles. The first-order chi connectivity index (χ1) is 9.78. The van der Waals surface area contributed by atoms with Gasteiger partial charge in [-0.05, 0) is 51.6 Å². The Morgan fingerprint density at radius 2 is 1.95 bits per heavy atom. The summed E-state index contributed by atoms with van der Waals surface area (Å²) in [6.45, 7) is 11.2. The average molecular weight is 279 g/mol. The van der Waals surface area contributed by atoms with Crippen LogP contribution in [0.1, 0.15) is 52.4 Å². The lowest BCUT2D eigenvalue weighted by atomic mass is 9.95. The predicted octanol–water partition coefficient (Wildman–Crippen LogP) is 2.32. The second-order valence-corrected chi connectivity index (χ2v) is 7.30. The Bertz CT molecular complexity index is 307. The molecule has 1 N–H and O–H groups in total. The van der Waals surface area contributed by atoms with Crippen LogP contribution in [0.3, 0.4) is 0 Å². The molecule has 116 valence electrons. The standard InChI is InChI=1S/C17H33N3/c1-3-18-17-9-6-7-15(17)12-20-13-16-8-4-5-10-19(16)11-14(20)2/h14-18H,3-13H2,1-2H3. The lowest BCUT2D eigenvalue weighted by Gasteiger charge is -2.48. The largest absolute Gasteiger partial charge is 0.314 e. The molecule has 3 rings (SSSR count). The quantitative estimate of drug-likeness (QED) is 0.852. The summed E-state index contributed by atoms with van der Waals surface area (Å²) in [6.07, 6.45) is 8.58. The molecule has 20 heavy (non-hydrogen) atoms. The van der Waals surface area contributed by atoms with E-state index in [-0.39, 0.29) is 0 Å². The number of piperidine rings is 1. The third-order valence-corrected chi connectivity index (χ3v) is 5.91. The number of fused-ring (bicyclic) bond motifs is 1. The first-order valence-corrected chi connectivity index (χ1v) is 8.99. The molecule has 1 saturated carbocycles. The second kappa shape index (κ2) is 6.76. The molecule has 4 unspecified atom stereocenters. The summed E-state index contributed by atoms with van der Waals surface area (Å²) < 4.78 is 0. The minimum absolute atomic E-state index is 0.757. The van der Waals surface area contributed by atoms with Crippen molar-refractivity contribution in [3.05, 3.63) is 0 Å². The Kier molecular flexibility index (Phi) is 5.00. The van der Waals surface area contributed by atoms with E-state index in [1.807, 2.05) is 0 Å². The molecule has 3 nitrogen and oxygen atoms in total. The van der Waals surface area contributed by atoms with Crippen molar-refractivity contribution >= 4 is 0 Å². The van der Waals surface area contributed by atoms with Crippen molar-refractivity contribution in [3.63, 3.8) is 0 Å². The summed E-state index contributed by atoms with van der Waals surface area (Å²) in [7, 11) is 0. The van der Waals surface area contributed by atoms with Gasteiger partial charge >= 0.3 is 0 Å². The van der Waals surface area contributed by atoms with Crippen molar-refractivity contribution in [2.24, 2.45) is 5.92 Å². The van der Waals surface area contributed by atoms with Gasteiger partial charge in [-0.1, -0.05) is 19.8 Å². The fourth-order valence-electron chi connectivity index (χ4n) is 4.75. The summed E-state index contributed by atoms with van der Waals surface area (Å²) in [5, 5.41) is 3.72. The number of nitrogens with zero attached hydrogens (tertiary/aromatic N) is 2. The molecular weight excluding hydrogens is 246 g/mol. The molecule has 3 heteroatoms. The van der Waals surface area contributed by atoms with E-state index in [0.717, 1.165) is 30.6 Å². The van der Waals surface area contributed by atoms with Crippen LogP contribution >= 0.6 is 0 Å². The van der Waals surface area contributed by atoms with Crippen molar-refractivity contribution in [3.8, 4) is 0 Å². The molecule has 4 atom stereocenters. The van der Waals surface area contributed by atoms with Crippen molar-refractivity contribution in [1.29, 1.82) is 0 Å². The lowest BCUT2D eigenvalue weighted by molar-refractivity contribution is 0.00634. The molecule has 0 radical (unpaired) electrons. The Balaban J connectivity index is 1.56. The van der Waals surface area contributed by atoms with E-state index in [0.29, 0.717) is 0 Å². The van der Waals surface area contributed by atoms with Crippen LogP contribution in [0.5, 0.6) is 0 Å². The Labute approximate surface area is 125 Å². The van der Waals surface area contributed by atoms with Crippen molar-refractivity contribution in [1.82, 2.24) is 15.1 Å². The molecule has 2 aliphatic heterocycles. The third-order valence-electron chi connectivity index (χ3n) is 5.91. The van der Waals surface area contributed by atoms with E-state index in [2.05, 4.69) is 29.0 Å². The van der Waals surface area contributed by atoms with E-state index in [9.17, 15) is 0 Å². The van der Waals surface area contributed by atoms with Crippen LogP contribution in [0.15, 0.2) is 0 Å². The molecule has 0 bridgehead atoms. The van der Waals surface area contributed by atoms with Gasteiger partial charge in [0.1, 0.15) is 0 Å². The van der Waals surface area contributed by atoms with Crippen LogP contribution in [-0.2, 0) is 0 Å². The van der Waals surface area contributed by atoms with Crippen LogP contribution in [0.2, 0.25) is 0 Å². The molecule has 1 aliphatic carbocycles. The summed E-state index contributed by atoms with van der Waals surface area (Å²) in [5.41, 5.74) is 0. The minimum atomic E-state index is 0.757. The summed E-state index contributed by atoms with van der Waals surface area (Å²) in [6, 6.07) is 2.41. The van der Waals surface area contributed by atoms with E-state index in [4.69, 9.17) is 0 Å². The first-order valence-electron chi connectivity index (χ1n) is 8.99. The van der Waals surface area contributed by atoms with Gasteiger partial charge in [0.25, 0.3) is 0 Å². The smallest absolute Gasteiger partial charge is 0.0223 e. The Morgan fingerprint density at radius 1 is 1.05 bits per heavy atom. The second-order valence-electron chi connectivity index (χ2n) is 7.30. The summed E-state index contributed by atoms with van der Waals surface area (Å²) in [4.78, 5) is 5.58. The molecular formula is C17H33N3. The van der Waals surface area contributed by atoms with Gasteiger partial charge in [-0.2, -0.15) is 0 Å². The highest BCUT2D eigenvalue weighted by Gasteiger charge is 2.36. The zero-order valence-electron chi connectivity index (χ0n) is 13.5. The van der Waals surface area contributed by atoms with E-state index >= 15 is 0 Å². The number of nitrogens with one attached hydrogen (secondary N) is 1. The topological polar surface area (TPSA) is 18.5 Å². The van der Waals surface area contributed by atoms with Crippen LogP contribution in [0.4, 0.5) is 0 Å². The van der Waals surface area contributed by atoms with Gasteiger partial charge in [-0.25, -0.2) is 0 Å². The highest BCUT2D eigenvalue weighted by atomic mass is 15.3. The molecule has 2 heterocycles. The zero-order valence-corrected chi connectivity index (χ0v) is 13.5. The van der Waals surface area contributed by atoms with Crippen LogP contribution in [0.25, 0.3) is 0 Å². The number of hydrogen-bond acceptors (Lipinski definition) is 3. The first kappa shape index (κ1) is 14.8. The van der Waals surface area contributed by atoms with E-state index < -0.39 is 0 Å². The molecule has 0 spiro atoms. The molecule has 0 aromatic heterocycles. The molecule has 0 aromatic rings. The van der Waals surface area contributed by atoms with Gasteiger partial charge < -0.3 is 5.32 Å². The molecule has 3 fully saturated rings. The maximum absolute atomic E-state index is 3.72. The van der Waals surface area contributed by atoms with Gasteiger partial charge in [0, 0.05) is 37.8 Å². The van der Waals surface area contributed by atoms with Crippen LogP contribution < -0.4 is 5.32 Å². The van der Waals surface area contributed by atoms with Crippen molar-refractivity contribution in [2.45, 2.75) is 70.5 Å². The third kappa shape index (κ3) is 3.20. The van der Waals surface area contributed by atoms with Gasteiger partial charge in [-0.3, -0.25) is 9.80 Å². The fourth-order valence-corrected chi connectivity index (χ4v) is 4.75. The van der Waals surface area contributed by atoms with Gasteiger partial charge in [-0.15, -0.1) is 0 Å². The SMILES string of the molecule is CCNC1CCCC1CN1CC2CCCCN2CC1C. The maximum atomic E-state index is 3.72. The van der Waals surface area contributed by atoms with E-state index in [1.165, 1.54) is 64.7 Å². The van der Waals surface area contributed by atoms with Crippen LogP contribution in [-0.4, -0.2) is 60.6 Å². The minimum Gasteiger partial charge on any atom is -0.314 e. The van der Waals surface area contributed by atoms with Crippen molar-refractivity contribution in [2.75, 3.05) is 32.7 Å². The highest BCUT2D eigenvalue weighted by Crippen LogP contribution is 2.30. The van der Waals surface area contributed by atoms with Gasteiger partial charge in [0.15, 0.2) is 0 Å². The summed E-state index contributed by atoms with van der Waals surface area (Å²) >= 11 is 0. The maximum Gasteiger partial charge on any atom is 0.0223 e. The predicted molar refractivity (Wildman–Crippen MR) is 85.1 cm³/mol. The van der Waals surface area contributed by atoms with Crippen molar-refractivity contribution < 1.29 is 0 Å². The average Bonchev–Trinajstić information content (AvgIpc) is 2.87. The van der Waals surface area contributed by atoms with Crippen LogP contribution in [0, 0.1) is 5.92 Å². The van der Waals surface area contributed by atoms with E-state index in [1.54, 1.807) is 0 Å². The van der Waals surface area contributed by atoms with Gasteiger partial charge in [0.05, 0.1) is 0 Å². The Morgan fingerprint density at radius 3 is 2.80 bits per heavy atom. The molecule has 0 amide bonds. The molecule has 3 aliphatic rings. The number of hydrogen-bond donors (Lipinski definition) is 1. The Hall–Kier alpha value is -0.120. The summed E-state index contributed by atoms with van der Waals surface area (Å²) in [5.74, 6) is 0.896. The zero-order chi connectivity index (χ0) is 13.9. The lowest BCUT2D eigenvalue weighted by Crippen LogP contribution is -2.59. The highest BCUT2D eigenvalue weighted by molar-refractivity contribution is 4.92. The van der Waals surface area contributed by atoms with Gasteiger partial charge in [0.2, 0.25) is 0 Å². The fraction of sp³-hybridized carbons (Fsp3) is 1.00. The monoisotopic (exact) mass is 279 g/mol. The molecule has 0 aromatic carbocycles. The number of rotatable bonds is 4. The number of piperazine rings is 1. The normalized spacial score (nSPS) is 39.9.